The summed E-state index contributed by atoms with van der Waals surface area (Å²) in [7, 11) is 0. The van der Waals surface area contributed by atoms with Gasteiger partial charge in [-0.05, 0) is 34.2 Å². The maximum absolute atomic E-state index is 6.01. The normalized spacial score (nSPS) is 16.0. The molecule has 0 N–H and O–H groups in total. The van der Waals surface area contributed by atoms with Crippen molar-refractivity contribution in [2.75, 3.05) is 0 Å². The maximum Gasteiger partial charge on any atom is 0.256 e. The van der Waals surface area contributed by atoms with Crippen LogP contribution in [-0.4, -0.2) is 16.7 Å². The third-order valence-electron chi connectivity index (χ3n) is 5.17. The van der Waals surface area contributed by atoms with Crippen LogP contribution in [0, 0.1) is 0 Å². The van der Waals surface area contributed by atoms with E-state index in [1.807, 2.05) is 12.3 Å². The van der Waals surface area contributed by atoms with Gasteiger partial charge in [0, 0.05) is 17.8 Å². The average Bonchev–Trinajstić information content (AvgIpc) is 2.58. The first-order chi connectivity index (χ1) is 11.2. The van der Waals surface area contributed by atoms with Crippen LogP contribution >= 0.6 is 0 Å². The number of hydrogen-bond donors (Lipinski definition) is 0. The zero-order valence-electron chi connectivity index (χ0n) is 13.1. The Balaban J connectivity index is 1.92. The minimum atomic E-state index is -0.0663. The summed E-state index contributed by atoms with van der Waals surface area (Å²) in [6.07, 6.45) is 3.61. The lowest BCUT2D eigenvalue weighted by Gasteiger charge is -2.40. The van der Waals surface area contributed by atoms with Gasteiger partial charge in [0.15, 0.2) is 0 Å². The fraction of sp³-hybridized carbons (Fsp3) is 0.158. The van der Waals surface area contributed by atoms with Crippen molar-refractivity contribution in [3.8, 4) is 11.8 Å². The van der Waals surface area contributed by atoms with E-state index in [4.69, 9.17) is 4.74 Å². The number of rotatable bonds is 0. The first-order valence-electron chi connectivity index (χ1n) is 7.89. The SMILES string of the molecule is CC1(C)c2ccccc2B2c3cccnc3Oc3nccc1c32. The van der Waals surface area contributed by atoms with Crippen molar-refractivity contribution in [1.29, 1.82) is 0 Å². The van der Waals surface area contributed by atoms with E-state index in [1.54, 1.807) is 6.20 Å². The smallest absolute Gasteiger partial charge is 0.256 e. The van der Waals surface area contributed by atoms with E-state index in [9.17, 15) is 0 Å². The monoisotopic (exact) mass is 298 g/mol. The number of hydrogen-bond acceptors (Lipinski definition) is 3. The molecule has 0 saturated heterocycles. The Morgan fingerprint density at radius 2 is 1.61 bits per heavy atom. The summed E-state index contributed by atoms with van der Waals surface area (Å²) >= 11 is 0. The molecule has 0 radical (unpaired) electrons. The molecule has 4 heterocycles. The molecule has 0 amide bonds. The van der Waals surface area contributed by atoms with E-state index in [0.29, 0.717) is 11.8 Å². The molecule has 3 aromatic rings. The molecule has 0 bridgehead atoms. The molecular formula is C19H15BN2O. The molecule has 3 nitrogen and oxygen atoms in total. The Morgan fingerprint density at radius 1 is 0.826 bits per heavy atom. The van der Waals surface area contributed by atoms with Crippen LogP contribution in [0.5, 0.6) is 11.8 Å². The number of aromatic nitrogens is 2. The Labute approximate surface area is 135 Å². The largest absolute Gasteiger partial charge is 0.422 e. The quantitative estimate of drug-likeness (QED) is 0.464. The third-order valence-corrected chi connectivity index (χ3v) is 5.17. The third kappa shape index (κ3) is 1.55. The van der Waals surface area contributed by atoms with Gasteiger partial charge in [-0.15, -0.1) is 0 Å². The van der Waals surface area contributed by atoms with E-state index < -0.39 is 0 Å². The van der Waals surface area contributed by atoms with Gasteiger partial charge in [0.25, 0.3) is 6.71 Å². The summed E-state index contributed by atoms with van der Waals surface area (Å²) in [6, 6.07) is 14.9. The number of fused-ring (bicyclic) bond motifs is 4. The van der Waals surface area contributed by atoms with Gasteiger partial charge in [0.05, 0.1) is 0 Å². The lowest BCUT2D eigenvalue weighted by Crippen LogP contribution is -2.62. The topological polar surface area (TPSA) is 35.0 Å². The second-order valence-corrected chi connectivity index (χ2v) is 6.72. The molecule has 110 valence electrons. The summed E-state index contributed by atoms with van der Waals surface area (Å²) in [5.41, 5.74) is 6.24. The molecule has 0 atom stereocenters. The molecule has 23 heavy (non-hydrogen) atoms. The van der Waals surface area contributed by atoms with Crippen LogP contribution in [-0.2, 0) is 5.41 Å². The fourth-order valence-electron chi connectivity index (χ4n) is 4.10. The van der Waals surface area contributed by atoms with Crippen LogP contribution in [0.15, 0.2) is 54.9 Å². The van der Waals surface area contributed by atoms with Gasteiger partial charge in [-0.2, -0.15) is 0 Å². The van der Waals surface area contributed by atoms with E-state index in [1.165, 1.54) is 22.1 Å². The highest BCUT2D eigenvalue weighted by Gasteiger charge is 2.45. The van der Waals surface area contributed by atoms with Gasteiger partial charge in [-0.3, -0.25) is 0 Å². The van der Waals surface area contributed by atoms with Crippen molar-refractivity contribution < 1.29 is 4.74 Å². The molecule has 1 aromatic carbocycles. The summed E-state index contributed by atoms with van der Waals surface area (Å²) < 4.78 is 6.01. The van der Waals surface area contributed by atoms with Crippen molar-refractivity contribution in [2.45, 2.75) is 19.3 Å². The van der Waals surface area contributed by atoms with E-state index in [0.717, 1.165) is 5.46 Å². The van der Waals surface area contributed by atoms with Crippen molar-refractivity contribution in [2.24, 2.45) is 0 Å². The van der Waals surface area contributed by atoms with Gasteiger partial charge in [-0.25, -0.2) is 9.97 Å². The number of nitrogens with zero attached hydrogens (tertiary/aromatic N) is 2. The van der Waals surface area contributed by atoms with Crippen molar-refractivity contribution in [3.05, 3.63) is 66.0 Å². The van der Waals surface area contributed by atoms with Gasteiger partial charge in [0.2, 0.25) is 11.8 Å². The minimum Gasteiger partial charge on any atom is -0.422 e. The van der Waals surface area contributed by atoms with E-state index in [-0.39, 0.29) is 12.1 Å². The zero-order valence-corrected chi connectivity index (χ0v) is 13.1. The number of pyridine rings is 2. The summed E-state index contributed by atoms with van der Waals surface area (Å²) in [4.78, 5) is 8.90. The molecule has 0 unspecified atom stereocenters. The standard InChI is InChI=1S/C19H15BN2O/c1-19(2)12-6-3-4-7-14(12)20-15-8-5-10-21-17(15)23-18-16(20)13(19)9-11-22-18/h3-11H,1-2H3. The molecule has 0 fully saturated rings. The fourth-order valence-corrected chi connectivity index (χ4v) is 4.10. The highest BCUT2D eigenvalue weighted by Crippen LogP contribution is 2.36. The number of benzene rings is 1. The van der Waals surface area contributed by atoms with Crippen LogP contribution in [0.25, 0.3) is 0 Å². The zero-order chi connectivity index (χ0) is 15.6. The highest BCUT2D eigenvalue weighted by atomic mass is 16.5. The van der Waals surface area contributed by atoms with Crippen molar-refractivity contribution in [1.82, 2.24) is 9.97 Å². The van der Waals surface area contributed by atoms with Crippen LogP contribution < -0.4 is 21.1 Å². The summed E-state index contributed by atoms with van der Waals surface area (Å²) in [6.45, 7) is 4.70. The van der Waals surface area contributed by atoms with Crippen molar-refractivity contribution >= 4 is 23.1 Å². The first kappa shape index (κ1) is 12.9. The van der Waals surface area contributed by atoms with Gasteiger partial charge in [0.1, 0.15) is 0 Å². The Hall–Kier alpha value is -2.62. The lowest BCUT2D eigenvalue weighted by molar-refractivity contribution is 0.447. The molecule has 5 rings (SSSR count). The number of ether oxygens (including phenoxy) is 1. The molecule has 0 spiro atoms. The van der Waals surface area contributed by atoms with Crippen molar-refractivity contribution in [3.63, 3.8) is 0 Å². The van der Waals surface area contributed by atoms with Crippen LogP contribution in [0.4, 0.5) is 0 Å². The predicted molar refractivity (Wildman–Crippen MR) is 91.8 cm³/mol. The van der Waals surface area contributed by atoms with Crippen LogP contribution in [0.3, 0.4) is 0 Å². The van der Waals surface area contributed by atoms with Gasteiger partial charge < -0.3 is 4.74 Å². The Kier molecular flexibility index (Phi) is 2.37. The molecule has 2 aromatic heterocycles. The van der Waals surface area contributed by atoms with Gasteiger partial charge >= 0.3 is 0 Å². The highest BCUT2D eigenvalue weighted by molar-refractivity contribution is 6.97. The predicted octanol–water partition coefficient (Wildman–Crippen LogP) is 1.74. The molecule has 2 aliphatic heterocycles. The Bertz CT molecular complexity index is 952. The molecule has 4 heteroatoms. The first-order valence-corrected chi connectivity index (χ1v) is 7.89. The van der Waals surface area contributed by atoms with Crippen LogP contribution in [0.2, 0.25) is 0 Å². The molecular weight excluding hydrogens is 283 g/mol. The van der Waals surface area contributed by atoms with Gasteiger partial charge in [-0.1, -0.05) is 49.6 Å². The maximum atomic E-state index is 6.01. The second kappa shape index (κ2) is 4.22. The Morgan fingerprint density at radius 3 is 2.52 bits per heavy atom. The molecule has 2 aliphatic rings. The second-order valence-electron chi connectivity index (χ2n) is 6.72. The summed E-state index contributed by atoms with van der Waals surface area (Å²) in [5, 5.41) is 0. The van der Waals surface area contributed by atoms with Crippen LogP contribution in [0.1, 0.15) is 25.0 Å². The van der Waals surface area contributed by atoms with E-state index in [2.05, 4.69) is 60.2 Å². The summed E-state index contributed by atoms with van der Waals surface area (Å²) in [5.74, 6) is 1.37. The lowest BCUT2D eigenvalue weighted by atomic mass is 9.31. The average molecular weight is 298 g/mol. The van der Waals surface area contributed by atoms with E-state index >= 15 is 0 Å². The molecule has 0 aliphatic carbocycles. The minimum absolute atomic E-state index is 0.0663. The molecule has 0 saturated carbocycles.